The molecule has 1 fully saturated rings. The Morgan fingerprint density at radius 3 is 2.52 bits per heavy atom. The van der Waals surface area contributed by atoms with Gasteiger partial charge in [-0.2, -0.15) is 10.4 Å². The minimum Gasteiger partial charge on any atom is -0.350 e. The zero-order valence-corrected chi connectivity index (χ0v) is 25.1. The molecule has 7 nitrogen and oxygen atoms in total. The molecule has 0 aliphatic carbocycles. The number of carbonyl (C=O) groups is 1. The quantitative estimate of drug-likeness (QED) is 0.229. The molecular weight excluding hydrogens is 558 g/mol. The first-order valence-corrected chi connectivity index (χ1v) is 14.3. The average molecular weight is 589 g/mol. The summed E-state index contributed by atoms with van der Waals surface area (Å²) in [5, 5.41) is 0.467. The molecule has 5 rings (SSSR count). The number of benzene rings is 2. The Balaban J connectivity index is 1.81. The molecule has 0 N–H and O–H groups in total. The number of fused-ring (bicyclic) bond motifs is 1. The SMILES string of the molecule is [B]C([B])=Cc1ccccc1-c1cc2c(cc1F)c(N1CCN(C(=O)C(=C)F)C[C@@H]1C)nc(=O)n2-c1c(C)ccnc1C(C)C. The molecule has 4 radical (unpaired) electrons. The van der Waals surface area contributed by atoms with E-state index in [1.54, 1.807) is 42.6 Å². The molecule has 0 unspecified atom stereocenters. The van der Waals surface area contributed by atoms with Gasteiger partial charge in [-0.05, 0) is 54.7 Å². The summed E-state index contributed by atoms with van der Waals surface area (Å²) in [6.07, 6.45) is 3.25. The van der Waals surface area contributed by atoms with E-state index < -0.39 is 23.2 Å². The van der Waals surface area contributed by atoms with Gasteiger partial charge >= 0.3 is 5.69 Å². The van der Waals surface area contributed by atoms with E-state index in [2.05, 4.69) is 16.5 Å². The maximum Gasteiger partial charge on any atom is 0.354 e. The van der Waals surface area contributed by atoms with Gasteiger partial charge in [0.05, 0.1) is 32.6 Å². The van der Waals surface area contributed by atoms with Crippen LogP contribution >= 0.6 is 0 Å². The normalized spacial score (nSPS) is 15.1. The predicted molar refractivity (Wildman–Crippen MR) is 172 cm³/mol. The van der Waals surface area contributed by atoms with Crippen LogP contribution in [0.25, 0.3) is 33.8 Å². The number of aromatic nitrogens is 3. The van der Waals surface area contributed by atoms with Gasteiger partial charge in [0, 0.05) is 42.8 Å². The Bertz CT molecular complexity index is 1880. The second kappa shape index (κ2) is 12.2. The number of rotatable bonds is 6. The van der Waals surface area contributed by atoms with Crippen molar-refractivity contribution in [2.24, 2.45) is 0 Å². The average Bonchev–Trinajstić information content (AvgIpc) is 2.96. The zero-order chi connectivity index (χ0) is 31.9. The van der Waals surface area contributed by atoms with Crippen molar-refractivity contribution in [3.8, 4) is 16.8 Å². The number of hydrogen-bond acceptors (Lipinski definition) is 5. The van der Waals surface area contributed by atoms with Gasteiger partial charge in [0.25, 0.3) is 5.91 Å². The largest absolute Gasteiger partial charge is 0.354 e. The van der Waals surface area contributed by atoms with Crippen LogP contribution in [0.15, 0.2) is 71.2 Å². The van der Waals surface area contributed by atoms with Gasteiger partial charge in [-0.15, -0.1) is 0 Å². The first-order valence-electron chi connectivity index (χ1n) is 14.3. The highest BCUT2D eigenvalue weighted by atomic mass is 19.1. The second-order valence-corrected chi connectivity index (χ2v) is 11.3. The highest BCUT2D eigenvalue weighted by Crippen LogP contribution is 2.36. The van der Waals surface area contributed by atoms with Crippen LogP contribution in [0.2, 0.25) is 0 Å². The summed E-state index contributed by atoms with van der Waals surface area (Å²) in [5.74, 6) is -2.10. The van der Waals surface area contributed by atoms with Crippen molar-refractivity contribution in [3.63, 3.8) is 0 Å². The fourth-order valence-electron chi connectivity index (χ4n) is 5.83. The van der Waals surface area contributed by atoms with Crippen molar-refractivity contribution in [1.82, 2.24) is 19.4 Å². The Hall–Kier alpha value is -4.53. The lowest BCUT2D eigenvalue weighted by Crippen LogP contribution is -2.54. The minimum absolute atomic E-state index is 0.0271. The van der Waals surface area contributed by atoms with Crippen LogP contribution in [0, 0.1) is 12.7 Å². The number of hydrogen-bond donors (Lipinski definition) is 0. The van der Waals surface area contributed by atoms with Gasteiger partial charge in [-0.1, -0.05) is 50.8 Å². The van der Waals surface area contributed by atoms with E-state index in [0.29, 0.717) is 33.4 Å². The molecule has 1 aliphatic heterocycles. The molecule has 1 saturated heterocycles. The number of nitrogens with zero attached hydrogens (tertiary/aromatic N) is 5. The predicted octanol–water partition coefficient (Wildman–Crippen LogP) is 5.17. The summed E-state index contributed by atoms with van der Waals surface area (Å²) in [6, 6.07) is 11.6. The molecule has 0 bridgehead atoms. The van der Waals surface area contributed by atoms with Crippen molar-refractivity contribution in [2.75, 3.05) is 24.5 Å². The number of pyridine rings is 1. The lowest BCUT2D eigenvalue weighted by atomic mass is 9.77. The van der Waals surface area contributed by atoms with Crippen molar-refractivity contribution in [1.29, 1.82) is 0 Å². The minimum atomic E-state index is -1.04. The summed E-state index contributed by atoms with van der Waals surface area (Å²) in [5.41, 5.74) is 3.34. The molecule has 0 spiro atoms. The first kappa shape index (κ1) is 30.9. The van der Waals surface area contributed by atoms with Gasteiger partial charge in [0.15, 0.2) is 5.83 Å². The standard InChI is InChI=1S/C33H31B2F2N5O2/c1-18(2)29-30(19(3)10-11-38-29)42-27-16-24(23-9-7-6-8-22(23)14-28(34)35)26(37)15-25(27)31(39-33(42)44)41-13-12-40(17-20(41)4)32(43)21(5)36/h6-11,14-16,18,20H,5,12-13,17H2,1-4H3/t20-/m0/s1. The molecule has 4 aromatic rings. The van der Waals surface area contributed by atoms with Crippen LogP contribution < -0.4 is 10.6 Å². The summed E-state index contributed by atoms with van der Waals surface area (Å²) in [4.78, 5) is 38.7. The lowest BCUT2D eigenvalue weighted by Gasteiger charge is -2.40. The summed E-state index contributed by atoms with van der Waals surface area (Å²) in [7, 11) is 11.5. The second-order valence-electron chi connectivity index (χ2n) is 11.3. The van der Waals surface area contributed by atoms with Crippen LogP contribution in [0.1, 0.15) is 43.5 Å². The summed E-state index contributed by atoms with van der Waals surface area (Å²) in [6.45, 7) is 11.4. The number of halogens is 2. The zero-order valence-electron chi connectivity index (χ0n) is 25.1. The Morgan fingerprint density at radius 2 is 1.86 bits per heavy atom. The molecular formula is C33H31B2F2N5O2. The van der Waals surface area contributed by atoms with Crippen LogP contribution in [-0.4, -0.2) is 66.7 Å². The highest BCUT2D eigenvalue weighted by Gasteiger charge is 2.31. The molecule has 1 aliphatic rings. The van der Waals surface area contributed by atoms with E-state index in [1.807, 2.05) is 38.7 Å². The Morgan fingerprint density at radius 1 is 1.14 bits per heavy atom. The first-order chi connectivity index (χ1) is 20.9. The molecule has 0 saturated carbocycles. The molecule has 2 aromatic carbocycles. The molecule has 3 heterocycles. The summed E-state index contributed by atoms with van der Waals surface area (Å²) >= 11 is 0. The number of anilines is 1. The Labute approximate surface area is 257 Å². The van der Waals surface area contributed by atoms with Gasteiger partial charge < -0.3 is 9.80 Å². The van der Waals surface area contributed by atoms with Crippen LogP contribution in [-0.2, 0) is 4.79 Å². The van der Waals surface area contributed by atoms with E-state index >= 15 is 4.39 Å². The van der Waals surface area contributed by atoms with E-state index in [0.717, 1.165) is 5.56 Å². The van der Waals surface area contributed by atoms with Gasteiger partial charge in [-0.25, -0.2) is 13.6 Å². The summed E-state index contributed by atoms with van der Waals surface area (Å²) < 4.78 is 31.3. The van der Waals surface area contributed by atoms with Crippen molar-refractivity contribution in [3.05, 3.63) is 99.6 Å². The van der Waals surface area contributed by atoms with E-state index in [4.69, 9.17) is 15.7 Å². The molecule has 220 valence electrons. The number of amides is 1. The maximum atomic E-state index is 16.2. The van der Waals surface area contributed by atoms with E-state index in [-0.39, 0.29) is 48.3 Å². The molecule has 44 heavy (non-hydrogen) atoms. The number of carbonyl (C=O) groups excluding carboxylic acids is 1. The molecule has 1 atom stereocenters. The van der Waals surface area contributed by atoms with Crippen molar-refractivity contribution >= 4 is 44.4 Å². The van der Waals surface area contributed by atoms with Crippen LogP contribution in [0.5, 0.6) is 0 Å². The molecule has 11 heteroatoms. The molecule has 2 aromatic heterocycles. The lowest BCUT2D eigenvalue weighted by molar-refractivity contribution is -0.129. The third-order valence-corrected chi connectivity index (χ3v) is 7.88. The third-order valence-electron chi connectivity index (χ3n) is 7.88. The number of piperazine rings is 1. The Kier molecular flexibility index (Phi) is 8.59. The van der Waals surface area contributed by atoms with E-state index in [9.17, 15) is 14.0 Å². The molecule has 1 amide bonds. The highest BCUT2D eigenvalue weighted by molar-refractivity contribution is 6.50. The van der Waals surface area contributed by atoms with Crippen LogP contribution in [0.4, 0.5) is 14.6 Å². The fraction of sp³-hybridized carbons (Fsp3) is 0.273. The van der Waals surface area contributed by atoms with Crippen molar-refractivity contribution in [2.45, 2.75) is 39.7 Å². The maximum absolute atomic E-state index is 16.2. The van der Waals surface area contributed by atoms with E-state index in [1.165, 1.54) is 15.5 Å². The van der Waals surface area contributed by atoms with Crippen LogP contribution in [0.3, 0.4) is 0 Å². The third kappa shape index (κ3) is 5.70. The monoisotopic (exact) mass is 589 g/mol. The van der Waals surface area contributed by atoms with Gasteiger partial charge in [0.2, 0.25) is 0 Å². The van der Waals surface area contributed by atoms with Gasteiger partial charge in [0.1, 0.15) is 11.6 Å². The fourth-order valence-corrected chi connectivity index (χ4v) is 5.83. The van der Waals surface area contributed by atoms with Crippen molar-refractivity contribution < 1.29 is 13.6 Å². The smallest absolute Gasteiger partial charge is 0.350 e. The topological polar surface area (TPSA) is 71.3 Å². The number of aryl methyl sites for hydroxylation is 1. The van der Waals surface area contributed by atoms with Gasteiger partial charge in [-0.3, -0.25) is 14.3 Å².